The van der Waals surface area contributed by atoms with Gasteiger partial charge in [0, 0.05) is 32.3 Å². The normalized spacial score (nSPS) is 24.9. The highest BCUT2D eigenvalue weighted by Crippen LogP contribution is 2.09. The highest BCUT2D eigenvalue weighted by molar-refractivity contribution is 5.19. The molecule has 0 bridgehead atoms. The summed E-state index contributed by atoms with van der Waals surface area (Å²) in [5.74, 6) is 0. The van der Waals surface area contributed by atoms with Crippen LogP contribution in [0.15, 0.2) is 11.4 Å². The third-order valence-corrected chi connectivity index (χ3v) is 1.82. The predicted octanol–water partition coefficient (Wildman–Crippen LogP) is -0.412. The lowest BCUT2D eigenvalue weighted by atomic mass is 10.2. The van der Waals surface area contributed by atoms with Gasteiger partial charge in [-0.25, -0.2) is 0 Å². The highest BCUT2D eigenvalue weighted by atomic mass is 15.2. The van der Waals surface area contributed by atoms with E-state index in [1.165, 1.54) is 11.4 Å². The second-order valence-corrected chi connectivity index (χ2v) is 2.41. The van der Waals surface area contributed by atoms with Crippen LogP contribution in [0.1, 0.15) is 7.85 Å². The molecule has 2 heterocycles. The first-order chi connectivity index (χ1) is 4.47. The molecule has 9 heavy (non-hydrogen) atoms. The molecule has 0 aromatic heterocycles. The van der Waals surface area contributed by atoms with Gasteiger partial charge in [-0.2, -0.15) is 0 Å². The van der Waals surface area contributed by atoms with Crippen LogP contribution in [0.2, 0.25) is 0 Å². The Kier molecular flexibility index (Phi) is 1.09. The van der Waals surface area contributed by atoms with Crippen LogP contribution in [0.4, 0.5) is 0 Å². The van der Waals surface area contributed by atoms with E-state index in [2.05, 4.69) is 16.0 Å². The van der Waals surface area contributed by atoms with Crippen LogP contribution in [0.5, 0.6) is 0 Å². The standard InChI is InChI=1S/C6H11N3.H2/c1-2-7-3-6-5(1)8-4-9-6;/h7-9H,1-4H2;1H. The van der Waals surface area contributed by atoms with Crippen molar-refractivity contribution in [1.82, 2.24) is 16.0 Å². The molecule has 2 rings (SSSR count). The Bertz CT molecular complexity index is 139. The third-order valence-electron chi connectivity index (χ3n) is 1.82. The van der Waals surface area contributed by atoms with Gasteiger partial charge in [-0.3, -0.25) is 0 Å². The second-order valence-electron chi connectivity index (χ2n) is 2.41. The lowest BCUT2D eigenvalue weighted by Gasteiger charge is -2.13. The minimum Gasteiger partial charge on any atom is -0.370 e. The molecule has 2 aliphatic rings. The van der Waals surface area contributed by atoms with Crippen molar-refractivity contribution in [2.24, 2.45) is 0 Å². The molecule has 3 nitrogen and oxygen atoms in total. The van der Waals surface area contributed by atoms with Crippen molar-refractivity contribution in [2.45, 2.75) is 6.42 Å². The Balaban J connectivity index is 0.000000500. The van der Waals surface area contributed by atoms with E-state index in [9.17, 15) is 0 Å². The van der Waals surface area contributed by atoms with Gasteiger partial charge in [-0.1, -0.05) is 0 Å². The zero-order valence-electron chi connectivity index (χ0n) is 5.33. The summed E-state index contributed by atoms with van der Waals surface area (Å²) in [5, 5.41) is 9.85. The monoisotopic (exact) mass is 127 g/mol. The SMILES string of the molecule is C1CC2=C(CN1)NCN2.[HH]. The Morgan fingerprint density at radius 1 is 1.22 bits per heavy atom. The first-order valence-corrected chi connectivity index (χ1v) is 3.37. The molecule has 0 spiro atoms. The zero-order chi connectivity index (χ0) is 6.10. The molecule has 0 radical (unpaired) electrons. The average Bonchev–Trinajstić information content (AvgIpc) is 2.33. The Labute approximate surface area is 56.0 Å². The topological polar surface area (TPSA) is 36.1 Å². The van der Waals surface area contributed by atoms with E-state index in [1.807, 2.05) is 0 Å². The number of hydrogen-bond donors (Lipinski definition) is 3. The summed E-state index contributed by atoms with van der Waals surface area (Å²) >= 11 is 0. The van der Waals surface area contributed by atoms with Crippen molar-refractivity contribution >= 4 is 0 Å². The van der Waals surface area contributed by atoms with E-state index >= 15 is 0 Å². The molecule has 0 saturated heterocycles. The molecule has 0 unspecified atom stereocenters. The lowest BCUT2D eigenvalue weighted by molar-refractivity contribution is 0.661. The van der Waals surface area contributed by atoms with Gasteiger partial charge in [0.15, 0.2) is 0 Å². The largest absolute Gasteiger partial charge is 0.370 e. The van der Waals surface area contributed by atoms with Crippen molar-refractivity contribution in [2.75, 3.05) is 19.8 Å². The van der Waals surface area contributed by atoms with Gasteiger partial charge in [-0.15, -0.1) is 0 Å². The number of rotatable bonds is 0. The second kappa shape index (κ2) is 1.92. The quantitative estimate of drug-likeness (QED) is 0.414. The van der Waals surface area contributed by atoms with Crippen LogP contribution in [0, 0.1) is 0 Å². The van der Waals surface area contributed by atoms with Crippen LogP contribution in [0.25, 0.3) is 0 Å². The molecule has 0 fully saturated rings. The van der Waals surface area contributed by atoms with Crippen LogP contribution >= 0.6 is 0 Å². The van der Waals surface area contributed by atoms with Crippen LogP contribution in [-0.4, -0.2) is 19.8 Å². The van der Waals surface area contributed by atoms with Crippen LogP contribution < -0.4 is 16.0 Å². The van der Waals surface area contributed by atoms with Crippen molar-refractivity contribution < 1.29 is 1.43 Å². The maximum Gasteiger partial charge on any atom is 0.0845 e. The highest BCUT2D eigenvalue weighted by Gasteiger charge is 2.15. The predicted molar refractivity (Wildman–Crippen MR) is 37.8 cm³/mol. The fourth-order valence-electron chi connectivity index (χ4n) is 1.31. The minimum atomic E-state index is 0. The van der Waals surface area contributed by atoms with Crippen molar-refractivity contribution in [3.8, 4) is 0 Å². The Morgan fingerprint density at radius 3 is 3.00 bits per heavy atom. The van der Waals surface area contributed by atoms with Gasteiger partial charge in [0.1, 0.15) is 0 Å². The van der Waals surface area contributed by atoms with Crippen molar-refractivity contribution in [3.63, 3.8) is 0 Å². The molecule has 3 N–H and O–H groups in total. The van der Waals surface area contributed by atoms with Gasteiger partial charge >= 0.3 is 0 Å². The van der Waals surface area contributed by atoms with E-state index < -0.39 is 0 Å². The third kappa shape index (κ3) is 0.772. The van der Waals surface area contributed by atoms with Gasteiger partial charge in [0.05, 0.1) is 6.67 Å². The van der Waals surface area contributed by atoms with Gasteiger partial charge in [0.2, 0.25) is 0 Å². The first kappa shape index (κ1) is 5.11. The van der Waals surface area contributed by atoms with Crippen molar-refractivity contribution in [3.05, 3.63) is 11.4 Å². The summed E-state index contributed by atoms with van der Waals surface area (Å²) in [6, 6.07) is 0. The fourth-order valence-corrected chi connectivity index (χ4v) is 1.31. The molecule has 0 atom stereocenters. The molecule has 0 saturated carbocycles. The van der Waals surface area contributed by atoms with Crippen LogP contribution in [-0.2, 0) is 0 Å². The van der Waals surface area contributed by atoms with E-state index in [0.717, 1.165) is 26.2 Å². The summed E-state index contributed by atoms with van der Waals surface area (Å²) in [7, 11) is 0. The van der Waals surface area contributed by atoms with E-state index in [0.29, 0.717) is 0 Å². The summed E-state index contributed by atoms with van der Waals surface area (Å²) in [4.78, 5) is 0. The van der Waals surface area contributed by atoms with Gasteiger partial charge in [-0.05, 0) is 0 Å². The molecule has 0 aromatic rings. The van der Waals surface area contributed by atoms with Gasteiger partial charge < -0.3 is 16.0 Å². The maximum absolute atomic E-state index is 3.30. The van der Waals surface area contributed by atoms with E-state index in [1.54, 1.807) is 0 Å². The average molecular weight is 127 g/mol. The fraction of sp³-hybridized carbons (Fsp3) is 0.667. The number of hydrogen-bond acceptors (Lipinski definition) is 3. The molecule has 0 amide bonds. The molecular weight excluding hydrogens is 114 g/mol. The summed E-state index contributed by atoms with van der Waals surface area (Å²) in [6.45, 7) is 3.06. The summed E-state index contributed by atoms with van der Waals surface area (Å²) < 4.78 is 0. The zero-order valence-corrected chi connectivity index (χ0v) is 5.33. The Hall–Kier alpha value is -0.700. The lowest BCUT2D eigenvalue weighted by Crippen LogP contribution is -2.27. The molecular formula is C6H13N3. The molecule has 3 heteroatoms. The van der Waals surface area contributed by atoms with Crippen molar-refractivity contribution in [1.29, 1.82) is 0 Å². The van der Waals surface area contributed by atoms with Gasteiger partial charge in [0.25, 0.3) is 0 Å². The first-order valence-electron chi connectivity index (χ1n) is 3.37. The summed E-state index contributed by atoms with van der Waals surface area (Å²) in [6.07, 6.45) is 1.16. The molecule has 2 aliphatic heterocycles. The molecule has 0 aromatic carbocycles. The smallest absolute Gasteiger partial charge is 0.0845 e. The number of nitrogens with one attached hydrogen (secondary N) is 3. The van der Waals surface area contributed by atoms with Crippen LogP contribution in [0.3, 0.4) is 0 Å². The minimum absolute atomic E-state index is 0. The maximum atomic E-state index is 3.30. The molecule has 52 valence electrons. The van der Waals surface area contributed by atoms with E-state index in [-0.39, 0.29) is 1.43 Å². The Morgan fingerprint density at radius 2 is 2.11 bits per heavy atom. The molecule has 0 aliphatic carbocycles. The van der Waals surface area contributed by atoms with E-state index in [4.69, 9.17) is 0 Å². The summed E-state index contributed by atoms with van der Waals surface area (Å²) in [5.41, 5.74) is 2.77.